The third kappa shape index (κ3) is 2.75. The second kappa shape index (κ2) is 6.47. The molecule has 3 atom stereocenters. The standard InChI is InChI=1S/C19H23NO3S/c1-12(2)23-16-8-7-15-18(16)22-10-9-20(15)19(21)14-11-24-17-6-4-3-5-13(14)17/h3-6,11-12,15-16,18H,7-10H2,1-2H3/t15-,16+,18+/m0/s1. The van der Waals surface area contributed by atoms with E-state index in [9.17, 15) is 4.79 Å². The smallest absolute Gasteiger partial charge is 0.255 e. The molecule has 1 aromatic carbocycles. The van der Waals surface area contributed by atoms with Crippen molar-refractivity contribution in [2.24, 2.45) is 0 Å². The molecule has 2 heterocycles. The first-order chi connectivity index (χ1) is 11.6. The minimum Gasteiger partial charge on any atom is -0.373 e. The summed E-state index contributed by atoms with van der Waals surface area (Å²) in [6.45, 7) is 5.36. The Hall–Kier alpha value is -1.43. The maximum atomic E-state index is 13.2. The number of hydrogen-bond donors (Lipinski definition) is 0. The van der Waals surface area contributed by atoms with Gasteiger partial charge in [0.2, 0.25) is 0 Å². The minimum absolute atomic E-state index is 0.00926. The second-order valence-corrected chi connectivity index (χ2v) is 7.76. The lowest BCUT2D eigenvalue weighted by molar-refractivity contribution is -0.116. The van der Waals surface area contributed by atoms with Gasteiger partial charge in [0, 0.05) is 22.0 Å². The number of carbonyl (C=O) groups excluding carboxylic acids is 1. The summed E-state index contributed by atoms with van der Waals surface area (Å²) < 4.78 is 13.2. The number of nitrogens with zero attached hydrogens (tertiary/aromatic N) is 1. The van der Waals surface area contributed by atoms with E-state index in [-0.39, 0.29) is 30.3 Å². The lowest BCUT2D eigenvalue weighted by atomic mass is 10.1. The lowest BCUT2D eigenvalue weighted by Crippen LogP contribution is -2.54. The molecule has 1 amide bonds. The molecule has 1 saturated carbocycles. The summed E-state index contributed by atoms with van der Waals surface area (Å²) in [5.74, 6) is 0.135. The summed E-state index contributed by atoms with van der Waals surface area (Å²) in [5, 5.41) is 3.05. The molecule has 0 bridgehead atoms. The molecule has 5 heteroatoms. The molecule has 1 aliphatic heterocycles. The third-order valence-corrected chi connectivity index (χ3v) is 5.92. The zero-order valence-electron chi connectivity index (χ0n) is 14.1. The van der Waals surface area contributed by atoms with Crippen LogP contribution >= 0.6 is 11.3 Å². The number of carbonyl (C=O) groups is 1. The van der Waals surface area contributed by atoms with Gasteiger partial charge in [0.1, 0.15) is 6.10 Å². The Labute approximate surface area is 146 Å². The van der Waals surface area contributed by atoms with E-state index in [4.69, 9.17) is 9.47 Å². The first kappa shape index (κ1) is 16.1. The highest BCUT2D eigenvalue weighted by Crippen LogP contribution is 2.35. The van der Waals surface area contributed by atoms with Crippen molar-refractivity contribution >= 4 is 27.3 Å². The van der Waals surface area contributed by atoms with Gasteiger partial charge in [-0.15, -0.1) is 11.3 Å². The fourth-order valence-corrected chi connectivity index (χ4v) is 4.90. The van der Waals surface area contributed by atoms with Crippen LogP contribution in [0.1, 0.15) is 37.0 Å². The van der Waals surface area contributed by atoms with Gasteiger partial charge >= 0.3 is 0 Å². The second-order valence-electron chi connectivity index (χ2n) is 6.85. The van der Waals surface area contributed by atoms with Gasteiger partial charge in [-0.05, 0) is 32.8 Å². The molecule has 1 saturated heterocycles. The highest BCUT2D eigenvalue weighted by Gasteiger charge is 2.45. The molecule has 4 nitrogen and oxygen atoms in total. The number of amides is 1. The molecule has 128 valence electrons. The van der Waals surface area contributed by atoms with Gasteiger partial charge in [0.05, 0.1) is 30.4 Å². The molecule has 1 aliphatic carbocycles. The SMILES string of the molecule is CC(C)O[C@@H]1CC[C@H]2[C@H]1OCCN2C(=O)c1csc2ccccc12. The van der Waals surface area contributed by atoms with Gasteiger partial charge in [0.15, 0.2) is 0 Å². The van der Waals surface area contributed by atoms with Crippen molar-refractivity contribution in [2.75, 3.05) is 13.2 Å². The molecule has 4 rings (SSSR count). The average molecular weight is 345 g/mol. The monoisotopic (exact) mass is 345 g/mol. The topological polar surface area (TPSA) is 38.8 Å². The van der Waals surface area contributed by atoms with E-state index < -0.39 is 0 Å². The van der Waals surface area contributed by atoms with E-state index in [2.05, 4.69) is 19.9 Å². The van der Waals surface area contributed by atoms with Crippen LogP contribution in [0, 0.1) is 0 Å². The fourth-order valence-electron chi connectivity index (χ4n) is 3.96. The van der Waals surface area contributed by atoms with Crippen LogP contribution in [0.4, 0.5) is 0 Å². The number of morpholine rings is 1. The molecule has 0 N–H and O–H groups in total. The molecule has 24 heavy (non-hydrogen) atoms. The number of ether oxygens (including phenoxy) is 2. The van der Waals surface area contributed by atoms with Crippen LogP contribution in [0.25, 0.3) is 10.1 Å². The predicted octanol–water partition coefficient (Wildman–Crippen LogP) is 3.70. The Kier molecular flexibility index (Phi) is 4.33. The first-order valence-electron chi connectivity index (χ1n) is 8.69. The molecule has 0 radical (unpaired) electrons. The van der Waals surface area contributed by atoms with Gasteiger partial charge < -0.3 is 14.4 Å². The molecule has 0 unspecified atom stereocenters. The third-order valence-electron chi connectivity index (χ3n) is 4.95. The summed E-state index contributed by atoms with van der Waals surface area (Å²) in [6, 6.07) is 8.25. The van der Waals surface area contributed by atoms with Crippen molar-refractivity contribution in [1.82, 2.24) is 4.90 Å². The van der Waals surface area contributed by atoms with Crippen LogP contribution in [-0.4, -0.2) is 48.3 Å². The van der Waals surface area contributed by atoms with Gasteiger partial charge in [0.25, 0.3) is 5.91 Å². The van der Waals surface area contributed by atoms with Crippen LogP contribution < -0.4 is 0 Å². The fraction of sp³-hybridized carbons (Fsp3) is 0.526. The Morgan fingerprint density at radius 3 is 3.00 bits per heavy atom. The predicted molar refractivity (Wildman–Crippen MR) is 95.6 cm³/mol. The molecule has 1 aromatic heterocycles. The van der Waals surface area contributed by atoms with Crippen LogP contribution in [-0.2, 0) is 9.47 Å². The van der Waals surface area contributed by atoms with Crippen molar-refractivity contribution in [3.8, 4) is 0 Å². The van der Waals surface area contributed by atoms with E-state index >= 15 is 0 Å². The van der Waals surface area contributed by atoms with E-state index in [0.717, 1.165) is 28.5 Å². The minimum atomic E-state index is 0.00926. The Morgan fingerprint density at radius 2 is 2.17 bits per heavy atom. The maximum absolute atomic E-state index is 13.2. The van der Waals surface area contributed by atoms with Crippen molar-refractivity contribution < 1.29 is 14.3 Å². The highest BCUT2D eigenvalue weighted by atomic mass is 32.1. The molecule has 2 aliphatic rings. The molecular weight excluding hydrogens is 322 g/mol. The number of rotatable bonds is 3. The zero-order chi connectivity index (χ0) is 16.7. The van der Waals surface area contributed by atoms with Gasteiger partial charge in [-0.1, -0.05) is 18.2 Å². The van der Waals surface area contributed by atoms with Crippen molar-refractivity contribution in [3.63, 3.8) is 0 Å². The summed E-state index contributed by atoms with van der Waals surface area (Å²) in [5.41, 5.74) is 0.824. The first-order valence-corrected chi connectivity index (χ1v) is 9.57. The van der Waals surface area contributed by atoms with Crippen molar-refractivity contribution in [1.29, 1.82) is 0 Å². The van der Waals surface area contributed by atoms with E-state index in [0.29, 0.717) is 13.2 Å². The normalized spacial score (nSPS) is 27.0. The molecule has 2 aromatic rings. The quantitative estimate of drug-likeness (QED) is 0.851. The lowest BCUT2D eigenvalue weighted by Gasteiger charge is -2.39. The van der Waals surface area contributed by atoms with Crippen molar-refractivity contribution in [3.05, 3.63) is 35.2 Å². The molecule has 2 fully saturated rings. The molecule has 0 spiro atoms. The van der Waals surface area contributed by atoms with Crippen LogP contribution in [0.15, 0.2) is 29.6 Å². The van der Waals surface area contributed by atoms with Gasteiger partial charge in [-0.3, -0.25) is 4.79 Å². The summed E-state index contributed by atoms with van der Waals surface area (Å²) in [6.07, 6.45) is 2.21. The van der Waals surface area contributed by atoms with E-state index in [1.54, 1.807) is 11.3 Å². The number of benzene rings is 1. The van der Waals surface area contributed by atoms with Gasteiger partial charge in [-0.2, -0.15) is 0 Å². The Balaban J connectivity index is 1.59. The largest absolute Gasteiger partial charge is 0.373 e. The van der Waals surface area contributed by atoms with Crippen LogP contribution in [0.2, 0.25) is 0 Å². The van der Waals surface area contributed by atoms with Gasteiger partial charge in [-0.25, -0.2) is 0 Å². The number of hydrogen-bond acceptors (Lipinski definition) is 4. The number of thiophene rings is 1. The maximum Gasteiger partial charge on any atom is 0.255 e. The zero-order valence-corrected chi connectivity index (χ0v) is 14.9. The van der Waals surface area contributed by atoms with Crippen LogP contribution in [0.5, 0.6) is 0 Å². The number of fused-ring (bicyclic) bond motifs is 2. The average Bonchev–Trinajstić information content (AvgIpc) is 3.18. The van der Waals surface area contributed by atoms with E-state index in [1.807, 2.05) is 28.5 Å². The van der Waals surface area contributed by atoms with Crippen LogP contribution in [0.3, 0.4) is 0 Å². The highest BCUT2D eigenvalue weighted by molar-refractivity contribution is 7.17. The summed E-state index contributed by atoms with van der Waals surface area (Å²) in [7, 11) is 0. The summed E-state index contributed by atoms with van der Waals surface area (Å²) >= 11 is 1.64. The summed E-state index contributed by atoms with van der Waals surface area (Å²) in [4.78, 5) is 15.2. The van der Waals surface area contributed by atoms with Crippen molar-refractivity contribution in [2.45, 2.75) is 51.0 Å². The molecular formula is C19H23NO3S. The Bertz CT molecular complexity index is 741. The Morgan fingerprint density at radius 1 is 1.33 bits per heavy atom. The van der Waals surface area contributed by atoms with E-state index in [1.165, 1.54) is 0 Å².